The number of phenols is 1. The molecular formula is C30H41N9O2. The van der Waals surface area contributed by atoms with E-state index in [1.165, 1.54) is 11.9 Å². The van der Waals surface area contributed by atoms with Gasteiger partial charge in [0.2, 0.25) is 0 Å². The van der Waals surface area contributed by atoms with E-state index in [2.05, 4.69) is 71.1 Å². The Morgan fingerprint density at radius 2 is 2.00 bits per heavy atom. The fraction of sp³-hybridized carbons (Fsp3) is 0.533. The van der Waals surface area contributed by atoms with Gasteiger partial charge in [-0.25, -0.2) is 24.9 Å². The number of hydrogen-bond acceptors (Lipinski definition) is 9. The number of imidazole rings is 2. The van der Waals surface area contributed by atoms with Crippen molar-refractivity contribution in [1.29, 1.82) is 0 Å². The first-order valence-electron chi connectivity index (χ1n) is 14.6. The second-order valence-electron chi connectivity index (χ2n) is 12.7. The molecule has 4 heterocycles. The third kappa shape index (κ3) is 5.53. The summed E-state index contributed by atoms with van der Waals surface area (Å²) >= 11 is 0. The van der Waals surface area contributed by atoms with Crippen LogP contribution in [0.15, 0.2) is 36.4 Å². The number of nitrogens with zero attached hydrogens (tertiary/aromatic N) is 6. The molecule has 218 valence electrons. The van der Waals surface area contributed by atoms with Gasteiger partial charge in [0.15, 0.2) is 11.5 Å². The molecule has 1 aromatic carbocycles. The van der Waals surface area contributed by atoms with Crippen LogP contribution in [-0.2, 0) is 16.6 Å². The molecule has 4 aromatic rings. The first kappa shape index (κ1) is 27.6. The fourth-order valence-electron chi connectivity index (χ4n) is 5.86. The van der Waals surface area contributed by atoms with Crippen molar-refractivity contribution >= 4 is 28.0 Å². The van der Waals surface area contributed by atoms with Gasteiger partial charge in [-0.2, -0.15) is 0 Å². The molecule has 5 N–H and O–H groups in total. The van der Waals surface area contributed by atoms with Crippen LogP contribution in [-0.4, -0.2) is 64.3 Å². The number of rotatable bonds is 8. The topological polar surface area (TPSA) is 143 Å². The molecule has 1 saturated carbocycles. The van der Waals surface area contributed by atoms with E-state index in [4.69, 9.17) is 15.5 Å². The normalized spacial score (nSPS) is 21.4. The second-order valence-corrected chi connectivity index (χ2v) is 12.7. The minimum atomic E-state index is -0.137. The summed E-state index contributed by atoms with van der Waals surface area (Å²) in [6, 6.07) is 4.75. The second kappa shape index (κ2) is 10.7. The minimum absolute atomic E-state index is 0.105. The van der Waals surface area contributed by atoms with E-state index in [1.807, 2.05) is 16.7 Å². The Bertz CT molecular complexity index is 1570. The quantitative estimate of drug-likeness (QED) is 0.181. The number of nitrogens with two attached hydrogens (primary N) is 1. The van der Waals surface area contributed by atoms with Gasteiger partial charge in [-0.05, 0) is 51.0 Å². The van der Waals surface area contributed by atoms with Crippen molar-refractivity contribution in [3.63, 3.8) is 0 Å². The molecule has 0 amide bonds. The average molecular weight is 560 g/mol. The van der Waals surface area contributed by atoms with E-state index < -0.39 is 0 Å². The highest BCUT2D eigenvalue weighted by Crippen LogP contribution is 2.36. The zero-order valence-corrected chi connectivity index (χ0v) is 24.6. The fourth-order valence-corrected chi connectivity index (χ4v) is 5.86. The Kier molecular flexibility index (Phi) is 7.21. The molecule has 2 aliphatic rings. The number of phenolic OH excluding ortho intramolecular Hbond substituents is 1. The lowest BCUT2D eigenvalue weighted by molar-refractivity contribution is -0.0307. The van der Waals surface area contributed by atoms with E-state index >= 15 is 0 Å². The van der Waals surface area contributed by atoms with E-state index in [0.717, 1.165) is 55.6 Å². The lowest BCUT2D eigenvalue weighted by Crippen LogP contribution is -2.53. The number of nitrogens with one attached hydrogen (secondary N) is 2. The lowest BCUT2D eigenvalue weighted by atomic mass is 9.86. The molecule has 2 atom stereocenters. The molecule has 0 bridgehead atoms. The smallest absolute Gasteiger partial charge is 0.167 e. The zero-order valence-electron chi connectivity index (χ0n) is 24.6. The number of anilines is 1. The van der Waals surface area contributed by atoms with Crippen LogP contribution in [0.1, 0.15) is 77.9 Å². The van der Waals surface area contributed by atoms with E-state index in [0.29, 0.717) is 34.6 Å². The summed E-state index contributed by atoms with van der Waals surface area (Å²) in [6.07, 6.45) is 10.1. The number of aromatic nitrogens is 6. The molecule has 6 rings (SSSR count). The first-order chi connectivity index (χ1) is 19.6. The minimum Gasteiger partial charge on any atom is -0.505 e. The van der Waals surface area contributed by atoms with Crippen LogP contribution < -0.4 is 11.2 Å². The molecule has 2 fully saturated rings. The van der Waals surface area contributed by atoms with Gasteiger partial charge in [-0.1, -0.05) is 38.5 Å². The highest BCUT2D eigenvalue weighted by atomic mass is 16.5. The van der Waals surface area contributed by atoms with Crippen LogP contribution in [0.3, 0.4) is 0 Å². The number of fused-ring (bicyclic) bond motifs is 2. The Hall–Kier alpha value is -3.54. The Labute approximate surface area is 240 Å². The van der Waals surface area contributed by atoms with Crippen LogP contribution in [0.2, 0.25) is 0 Å². The molecule has 0 radical (unpaired) electrons. The number of aromatic hydroxyl groups is 1. The molecule has 2 unspecified atom stereocenters. The number of H-pyrrole nitrogens is 1. The maximum Gasteiger partial charge on any atom is 0.167 e. The molecule has 11 heteroatoms. The summed E-state index contributed by atoms with van der Waals surface area (Å²) in [7, 11) is 0. The van der Waals surface area contributed by atoms with Gasteiger partial charge >= 0.3 is 0 Å². The number of hydrazine groups is 1. The van der Waals surface area contributed by atoms with Crippen molar-refractivity contribution in [2.45, 2.75) is 96.6 Å². The monoisotopic (exact) mass is 559 g/mol. The summed E-state index contributed by atoms with van der Waals surface area (Å²) in [5.41, 5.74) is 14.8. The highest BCUT2D eigenvalue weighted by molar-refractivity contribution is 5.83. The van der Waals surface area contributed by atoms with E-state index in [-0.39, 0.29) is 23.5 Å². The maximum absolute atomic E-state index is 10.8. The Morgan fingerprint density at radius 1 is 1.20 bits per heavy atom. The van der Waals surface area contributed by atoms with Crippen molar-refractivity contribution in [2.75, 3.05) is 12.3 Å². The lowest BCUT2D eigenvalue weighted by Gasteiger charge is -2.38. The Morgan fingerprint density at radius 3 is 2.76 bits per heavy atom. The standard InChI is InChI=1S/C30H41N9O2/c1-17(2)39(14-20-7-11-24(41-20)38-16-34-26-28(31)32-15-33-29(26)38)37-19-12-18(13-19)6-10-23-35-22-9-8-21(30(3,4)5)27(40)25(22)36-23/h6,8-9,15-17,19-20,24,37,40H,7,10-14H2,1-5H3,(H,35,36)(H2,31,32,33). The number of hydrogen-bond donors (Lipinski definition) is 4. The molecule has 3 aromatic heterocycles. The largest absolute Gasteiger partial charge is 0.505 e. The van der Waals surface area contributed by atoms with Gasteiger partial charge in [0.25, 0.3) is 0 Å². The number of nitrogen functional groups attached to an aromatic ring is 1. The molecule has 11 nitrogen and oxygen atoms in total. The summed E-state index contributed by atoms with van der Waals surface area (Å²) in [6.45, 7) is 11.5. The summed E-state index contributed by atoms with van der Waals surface area (Å²) in [5.74, 6) is 1.54. The molecule has 41 heavy (non-hydrogen) atoms. The third-order valence-electron chi connectivity index (χ3n) is 8.24. The van der Waals surface area contributed by atoms with Gasteiger partial charge in [0, 0.05) is 30.6 Å². The van der Waals surface area contributed by atoms with Crippen LogP contribution >= 0.6 is 0 Å². The van der Waals surface area contributed by atoms with Crippen LogP contribution in [0, 0.1) is 0 Å². The van der Waals surface area contributed by atoms with Crippen LogP contribution in [0.25, 0.3) is 22.2 Å². The molecular weight excluding hydrogens is 518 g/mol. The highest BCUT2D eigenvalue weighted by Gasteiger charge is 2.32. The predicted octanol–water partition coefficient (Wildman–Crippen LogP) is 4.51. The SMILES string of the molecule is CC(C)N(CC1CCC(n2cnc3c(N)ncnc32)O1)NC1CC(=CCc2nc3c(O)c(C(C)(C)C)ccc3[nH]2)C1. The summed E-state index contributed by atoms with van der Waals surface area (Å²) in [4.78, 5) is 20.9. The van der Waals surface area contributed by atoms with Crippen molar-refractivity contribution in [1.82, 2.24) is 39.9 Å². The number of aromatic amines is 1. The molecule has 1 saturated heterocycles. The zero-order chi connectivity index (χ0) is 28.9. The van der Waals surface area contributed by atoms with E-state index in [1.54, 1.807) is 6.33 Å². The Balaban J connectivity index is 1.02. The van der Waals surface area contributed by atoms with Gasteiger partial charge < -0.3 is 20.6 Å². The number of benzene rings is 1. The van der Waals surface area contributed by atoms with Gasteiger partial charge in [0.05, 0.1) is 17.9 Å². The maximum atomic E-state index is 10.8. The molecule has 0 spiro atoms. The molecule has 1 aliphatic heterocycles. The summed E-state index contributed by atoms with van der Waals surface area (Å²) < 4.78 is 8.40. The number of ether oxygens (including phenoxy) is 1. The average Bonchev–Trinajstić information content (AvgIpc) is 3.62. The first-order valence-corrected chi connectivity index (χ1v) is 14.6. The van der Waals surface area contributed by atoms with Crippen molar-refractivity contribution in [3.05, 3.63) is 47.8 Å². The van der Waals surface area contributed by atoms with Gasteiger partial charge in [-0.15, -0.1) is 0 Å². The summed E-state index contributed by atoms with van der Waals surface area (Å²) in [5, 5.41) is 13.1. The van der Waals surface area contributed by atoms with E-state index in [9.17, 15) is 5.11 Å². The number of allylic oxidation sites excluding steroid dienone is 1. The van der Waals surface area contributed by atoms with Crippen molar-refractivity contribution in [2.24, 2.45) is 0 Å². The van der Waals surface area contributed by atoms with Gasteiger partial charge in [0.1, 0.15) is 35.2 Å². The van der Waals surface area contributed by atoms with Crippen molar-refractivity contribution < 1.29 is 9.84 Å². The predicted molar refractivity (Wildman–Crippen MR) is 159 cm³/mol. The molecule has 1 aliphatic carbocycles. The van der Waals surface area contributed by atoms with Crippen molar-refractivity contribution in [3.8, 4) is 5.75 Å². The van der Waals surface area contributed by atoms with Crippen LogP contribution in [0.4, 0.5) is 5.82 Å². The van der Waals surface area contributed by atoms with Gasteiger partial charge in [-0.3, -0.25) is 9.99 Å². The van der Waals surface area contributed by atoms with Crippen LogP contribution in [0.5, 0.6) is 5.75 Å². The third-order valence-corrected chi connectivity index (χ3v) is 8.24.